The Labute approximate surface area is 84.0 Å². The first-order chi connectivity index (χ1) is 7.11. The smallest absolute Gasteiger partial charge is 0.185 e. The fourth-order valence-electron chi connectivity index (χ4n) is 1.27. The van der Waals surface area contributed by atoms with Gasteiger partial charge in [-0.1, -0.05) is 0 Å². The van der Waals surface area contributed by atoms with E-state index in [4.69, 9.17) is 15.7 Å². The molecule has 0 bridgehead atoms. The van der Waals surface area contributed by atoms with E-state index in [2.05, 4.69) is 19.8 Å². The average Bonchev–Trinajstić information content (AvgIpc) is 2.23. The normalized spacial score (nSPS) is 40.7. The second-order valence-corrected chi connectivity index (χ2v) is 2.97. The van der Waals surface area contributed by atoms with E-state index in [0.717, 1.165) is 0 Å². The van der Waals surface area contributed by atoms with Crippen LogP contribution in [0.1, 0.15) is 0 Å². The summed E-state index contributed by atoms with van der Waals surface area (Å²) in [6.07, 6.45) is -7.04. The van der Waals surface area contributed by atoms with Gasteiger partial charge in [-0.05, 0) is 5.53 Å². The first-order valence-corrected chi connectivity index (χ1v) is 4.12. The van der Waals surface area contributed by atoms with Gasteiger partial charge in [-0.25, -0.2) is 0 Å². The summed E-state index contributed by atoms with van der Waals surface area (Å²) in [5.41, 5.74) is 7.99. The highest BCUT2D eigenvalue weighted by atomic mass is 16.7. The second kappa shape index (κ2) is 5.12. The Balaban J connectivity index is 2.74. The number of hydrogen-bond acceptors (Lipinski definition) is 7. The minimum absolute atomic E-state index is 0.568. The maximum Gasteiger partial charge on any atom is 0.185 e. The predicted molar refractivity (Wildman–Crippen MR) is 44.0 cm³/mol. The molecule has 4 N–H and O–H groups in total. The molecule has 1 fully saturated rings. The van der Waals surface area contributed by atoms with Gasteiger partial charge in [0.15, 0.2) is 12.4 Å². The molecule has 1 saturated heterocycles. The van der Waals surface area contributed by atoms with Crippen LogP contribution in [0.3, 0.4) is 0 Å². The van der Waals surface area contributed by atoms with Gasteiger partial charge >= 0.3 is 0 Å². The van der Waals surface area contributed by atoms with E-state index >= 15 is 0 Å². The van der Waals surface area contributed by atoms with Gasteiger partial charge in [-0.2, -0.15) is 0 Å². The summed E-state index contributed by atoms with van der Waals surface area (Å²) in [5, 5.41) is 39.4. The summed E-state index contributed by atoms with van der Waals surface area (Å²) < 4.78 is 4.66. The first kappa shape index (κ1) is 12.0. The number of aliphatic hydroxyl groups excluding tert-OH is 4. The minimum atomic E-state index is -1.62. The average molecular weight is 221 g/mol. The number of ether oxygens (including phenoxy) is 1. The minimum Gasteiger partial charge on any atom is -0.424 e. The number of nitrogens with zero attached hydrogens (tertiary/aromatic N) is 3. The molecule has 1 rings (SSSR count). The van der Waals surface area contributed by atoms with Gasteiger partial charge < -0.3 is 30.0 Å². The predicted octanol–water partition coefficient (Wildman–Crippen LogP) is -1.97. The summed E-state index contributed by atoms with van der Waals surface area (Å²) in [5.74, 6) is 0. The first-order valence-electron chi connectivity index (χ1n) is 4.12. The Morgan fingerprint density at radius 1 is 1.33 bits per heavy atom. The number of aliphatic hydroxyl groups is 4. The zero-order valence-corrected chi connectivity index (χ0v) is 7.54. The van der Waals surface area contributed by atoms with E-state index in [9.17, 15) is 10.2 Å². The van der Waals surface area contributed by atoms with E-state index in [-0.39, 0.29) is 0 Å². The molecule has 9 heteroatoms. The molecule has 0 radical (unpaired) electrons. The van der Waals surface area contributed by atoms with Crippen LogP contribution in [0.5, 0.6) is 0 Å². The largest absolute Gasteiger partial charge is 0.424 e. The van der Waals surface area contributed by atoms with Gasteiger partial charge in [0.05, 0.1) is 6.61 Å². The summed E-state index contributed by atoms with van der Waals surface area (Å²) in [6, 6.07) is 0. The monoisotopic (exact) mass is 221 g/mol. The van der Waals surface area contributed by atoms with Crippen molar-refractivity contribution in [2.45, 2.75) is 30.7 Å². The molecule has 1 heterocycles. The standard InChI is InChI=1S/C6H11N3O6/c7-8-9-15-5-3(11)2(1-10)14-6(13)4(5)12/h2-6,10-13H,1H2/t2-,3-,4+,5+,6?/m1/s1. The van der Waals surface area contributed by atoms with Crippen molar-refractivity contribution >= 4 is 0 Å². The zero-order valence-electron chi connectivity index (χ0n) is 7.54. The molecule has 0 aromatic rings. The molecular formula is C6H11N3O6. The quantitative estimate of drug-likeness (QED) is 0.188. The molecule has 0 spiro atoms. The molecule has 9 nitrogen and oxygen atoms in total. The Morgan fingerprint density at radius 2 is 2.00 bits per heavy atom. The Morgan fingerprint density at radius 3 is 2.53 bits per heavy atom. The van der Waals surface area contributed by atoms with Crippen LogP contribution in [0.4, 0.5) is 0 Å². The Hall–Kier alpha value is -1.09. The highest BCUT2D eigenvalue weighted by molar-refractivity contribution is 4.89. The molecule has 0 aromatic carbocycles. The van der Waals surface area contributed by atoms with Crippen molar-refractivity contribution in [1.82, 2.24) is 0 Å². The van der Waals surface area contributed by atoms with Crippen LogP contribution in [-0.4, -0.2) is 57.7 Å². The lowest BCUT2D eigenvalue weighted by Crippen LogP contribution is -2.58. The SMILES string of the molecule is [N-]=[N+]=NO[C@H]1[C@H](O)[C@@H](CO)OC(O)[C@H]1O. The Kier molecular flexibility index (Phi) is 4.09. The van der Waals surface area contributed by atoms with Crippen molar-refractivity contribution in [3.05, 3.63) is 10.4 Å². The van der Waals surface area contributed by atoms with E-state index in [1.54, 1.807) is 0 Å². The lowest BCUT2D eigenvalue weighted by Gasteiger charge is -2.38. The molecular weight excluding hydrogens is 210 g/mol. The van der Waals surface area contributed by atoms with Crippen molar-refractivity contribution in [1.29, 1.82) is 0 Å². The van der Waals surface area contributed by atoms with Gasteiger partial charge in [0.25, 0.3) is 0 Å². The third-order valence-electron chi connectivity index (χ3n) is 2.05. The van der Waals surface area contributed by atoms with Crippen molar-refractivity contribution in [2.24, 2.45) is 5.28 Å². The van der Waals surface area contributed by atoms with Crippen LogP contribution in [0, 0.1) is 0 Å². The van der Waals surface area contributed by atoms with Gasteiger partial charge in [0.1, 0.15) is 23.6 Å². The zero-order chi connectivity index (χ0) is 11.4. The summed E-state index contributed by atoms with van der Waals surface area (Å²) >= 11 is 0. The fraction of sp³-hybridized carbons (Fsp3) is 1.00. The molecule has 1 unspecified atom stereocenters. The van der Waals surface area contributed by atoms with Crippen LogP contribution in [0.25, 0.3) is 10.4 Å². The van der Waals surface area contributed by atoms with Gasteiger partial charge in [0, 0.05) is 4.91 Å². The lowest BCUT2D eigenvalue weighted by molar-refractivity contribution is -0.295. The van der Waals surface area contributed by atoms with E-state index < -0.39 is 37.3 Å². The number of hydrogen-bond donors (Lipinski definition) is 4. The molecule has 1 aliphatic rings. The molecule has 0 aromatic heterocycles. The number of rotatable bonds is 3. The second-order valence-electron chi connectivity index (χ2n) is 2.97. The highest BCUT2D eigenvalue weighted by Crippen LogP contribution is 2.22. The van der Waals surface area contributed by atoms with Crippen LogP contribution in [-0.2, 0) is 9.57 Å². The highest BCUT2D eigenvalue weighted by Gasteiger charge is 2.45. The van der Waals surface area contributed by atoms with Gasteiger partial charge in [0.2, 0.25) is 0 Å². The van der Waals surface area contributed by atoms with Gasteiger partial charge in [-0.15, -0.1) is 0 Å². The summed E-state index contributed by atoms with van der Waals surface area (Å²) in [6.45, 7) is -0.568. The van der Waals surface area contributed by atoms with Gasteiger partial charge in [-0.3, -0.25) is 0 Å². The van der Waals surface area contributed by atoms with Crippen LogP contribution in [0.15, 0.2) is 5.28 Å². The number of azide groups is 1. The fourth-order valence-corrected chi connectivity index (χ4v) is 1.27. The van der Waals surface area contributed by atoms with Crippen molar-refractivity contribution < 1.29 is 30.0 Å². The molecule has 5 atom stereocenters. The topological polar surface area (TPSA) is 148 Å². The van der Waals surface area contributed by atoms with Crippen molar-refractivity contribution in [3.8, 4) is 0 Å². The van der Waals surface area contributed by atoms with E-state index in [1.165, 1.54) is 0 Å². The molecule has 86 valence electrons. The maximum atomic E-state index is 9.48. The molecule has 0 amide bonds. The third-order valence-corrected chi connectivity index (χ3v) is 2.05. The summed E-state index contributed by atoms with van der Waals surface area (Å²) in [7, 11) is 0. The van der Waals surface area contributed by atoms with Crippen molar-refractivity contribution in [2.75, 3.05) is 6.61 Å². The van der Waals surface area contributed by atoms with Crippen LogP contribution < -0.4 is 0 Å². The lowest BCUT2D eigenvalue weighted by atomic mass is 9.99. The van der Waals surface area contributed by atoms with Crippen LogP contribution in [0.2, 0.25) is 0 Å². The Bertz CT molecular complexity index is 257. The van der Waals surface area contributed by atoms with Crippen LogP contribution >= 0.6 is 0 Å². The molecule has 15 heavy (non-hydrogen) atoms. The molecule has 0 aliphatic carbocycles. The summed E-state index contributed by atoms with van der Waals surface area (Å²) in [4.78, 5) is 6.69. The van der Waals surface area contributed by atoms with E-state index in [0.29, 0.717) is 0 Å². The third kappa shape index (κ3) is 2.48. The van der Waals surface area contributed by atoms with Crippen molar-refractivity contribution in [3.63, 3.8) is 0 Å². The maximum absolute atomic E-state index is 9.48. The molecule has 0 saturated carbocycles. The molecule has 1 aliphatic heterocycles. The van der Waals surface area contributed by atoms with E-state index in [1.807, 2.05) is 0 Å².